The SMILES string of the molecule is CCCc1c(OCC(O)COc2ccc3c(=O)cc(OC=O)oc3c2CCC)ccc(C(C)=O)c1O. The summed E-state index contributed by atoms with van der Waals surface area (Å²) in [5.74, 6) is 0.244. The van der Waals surface area contributed by atoms with Gasteiger partial charge in [0.15, 0.2) is 11.2 Å². The van der Waals surface area contributed by atoms with Crippen molar-refractivity contribution in [2.24, 2.45) is 0 Å². The molecule has 0 bridgehead atoms. The van der Waals surface area contributed by atoms with Crippen molar-refractivity contribution in [1.82, 2.24) is 0 Å². The normalized spacial score (nSPS) is 11.8. The Labute approximate surface area is 208 Å². The first-order valence-electron chi connectivity index (χ1n) is 11.8. The van der Waals surface area contributed by atoms with Crippen LogP contribution in [-0.2, 0) is 17.6 Å². The zero-order valence-electron chi connectivity index (χ0n) is 20.5. The molecule has 36 heavy (non-hydrogen) atoms. The third-order valence-electron chi connectivity index (χ3n) is 5.58. The number of carbonyl (C=O) groups is 2. The number of fused-ring (bicyclic) bond motifs is 1. The van der Waals surface area contributed by atoms with Crippen LogP contribution in [0.5, 0.6) is 23.2 Å². The summed E-state index contributed by atoms with van der Waals surface area (Å²) in [7, 11) is 0. The highest BCUT2D eigenvalue weighted by molar-refractivity contribution is 5.97. The minimum atomic E-state index is -1.02. The molecule has 3 aromatic rings. The van der Waals surface area contributed by atoms with Crippen molar-refractivity contribution in [2.75, 3.05) is 13.2 Å². The third kappa shape index (κ3) is 6.04. The Kier molecular flexibility index (Phi) is 9.08. The van der Waals surface area contributed by atoms with Gasteiger partial charge in [0.2, 0.25) is 0 Å². The third-order valence-corrected chi connectivity index (χ3v) is 5.58. The number of aliphatic hydroxyl groups excluding tert-OH is 1. The highest BCUT2D eigenvalue weighted by Crippen LogP contribution is 2.33. The number of ether oxygens (including phenoxy) is 3. The fourth-order valence-electron chi connectivity index (χ4n) is 3.91. The van der Waals surface area contributed by atoms with Gasteiger partial charge in [0.25, 0.3) is 5.95 Å². The number of ketones is 1. The minimum absolute atomic E-state index is 0.104. The van der Waals surface area contributed by atoms with Gasteiger partial charge < -0.3 is 28.8 Å². The summed E-state index contributed by atoms with van der Waals surface area (Å²) < 4.78 is 21.9. The lowest BCUT2D eigenvalue weighted by atomic mass is 10.0. The Morgan fingerprint density at radius 1 is 1.03 bits per heavy atom. The van der Waals surface area contributed by atoms with Gasteiger partial charge in [-0.2, -0.15) is 0 Å². The van der Waals surface area contributed by atoms with Crippen molar-refractivity contribution in [2.45, 2.75) is 52.6 Å². The summed E-state index contributed by atoms with van der Waals surface area (Å²) >= 11 is 0. The molecule has 2 N–H and O–H groups in total. The van der Waals surface area contributed by atoms with Crippen LogP contribution in [0.2, 0.25) is 0 Å². The van der Waals surface area contributed by atoms with Crippen LogP contribution in [-0.4, -0.2) is 41.8 Å². The summed E-state index contributed by atoms with van der Waals surface area (Å²) in [6.45, 7) is 5.24. The van der Waals surface area contributed by atoms with Gasteiger partial charge in [-0.1, -0.05) is 26.7 Å². The molecule has 0 aliphatic carbocycles. The fraction of sp³-hybridized carbons (Fsp3) is 0.370. The first-order chi connectivity index (χ1) is 17.3. The largest absolute Gasteiger partial charge is 0.507 e. The van der Waals surface area contributed by atoms with E-state index in [4.69, 9.17) is 18.6 Å². The lowest BCUT2D eigenvalue weighted by Gasteiger charge is -2.18. The molecule has 0 spiro atoms. The highest BCUT2D eigenvalue weighted by Gasteiger charge is 2.19. The van der Waals surface area contributed by atoms with E-state index >= 15 is 0 Å². The number of benzene rings is 2. The molecule has 1 unspecified atom stereocenters. The van der Waals surface area contributed by atoms with Crippen LogP contribution >= 0.6 is 0 Å². The quantitative estimate of drug-likeness (QED) is 0.265. The average molecular weight is 499 g/mol. The van der Waals surface area contributed by atoms with Gasteiger partial charge in [0, 0.05) is 11.1 Å². The molecule has 0 radical (unpaired) electrons. The van der Waals surface area contributed by atoms with Crippen molar-refractivity contribution in [3.63, 3.8) is 0 Å². The number of aliphatic hydroxyl groups is 1. The number of rotatable bonds is 13. The van der Waals surface area contributed by atoms with Crippen molar-refractivity contribution < 1.29 is 38.4 Å². The maximum absolute atomic E-state index is 12.4. The van der Waals surface area contributed by atoms with Crippen molar-refractivity contribution in [3.05, 3.63) is 57.2 Å². The van der Waals surface area contributed by atoms with Crippen LogP contribution in [0.1, 0.15) is 55.1 Å². The maximum atomic E-state index is 12.4. The molecular formula is C27H30O9. The van der Waals surface area contributed by atoms with Gasteiger partial charge in [0.05, 0.1) is 17.0 Å². The van der Waals surface area contributed by atoms with E-state index in [1.165, 1.54) is 13.0 Å². The van der Waals surface area contributed by atoms with E-state index in [1.807, 2.05) is 13.8 Å². The first kappa shape index (κ1) is 26.7. The van der Waals surface area contributed by atoms with E-state index in [-0.39, 0.29) is 53.7 Å². The van der Waals surface area contributed by atoms with Crippen molar-refractivity contribution in [3.8, 4) is 23.2 Å². The van der Waals surface area contributed by atoms with Gasteiger partial charge in [-0.25, -0.2) is 0 Å². The zero-order chi connectivity index (χ0) is 26.2. The molecule has 0 aliphatic heterocycles. The molecule has 2 aromatic carbocycles. The highest BCUT2D eigenvalue weighted by atomic mass is 16.6. The Bertz CT molecular complexity index is 1290. The predicted molar refractivity (Wildman–Crippen MR) is 132 cm³/mol. The summed E-state index contributed by atoms with van der Waals surface area (Å²) in [4.78, 5) is 34.8. The minimum Gasteiger partial charge on any atom is -0.507 e. The van der Waals surface area contributed by atoms with Crippen LogP contribution in [0.4, 0.5) is 0 Å². The maximum Gasteiger partial charge on any atom is 0.300 e. The molecule has 3 rings (SSSR count). The lowest BCUT2D eigenvalue weighted by Crippen LogP contribution is -2.25. The molecule has 0 aliphatic rings. The number of phenols is 1. The average Bonchev–Trinajstić information content (AvgIpc) is 2.84. The molecule has 0 saturated heterocycles. The van der Waals surface area contributed by atoms with Gasteiger partial charge in [-0.05, 0) is 44.0 Å². The summed E-state index contributed by atoms with van der Waals surface area (Å²) in [6, 6.07) is 7.40. The smallest absolute Gasteiger partial charge is 0.300 e. The van der Waals surface area contributed by atoms with E-state index in [1.54, 1.807) is 18.2 Å². The Hall–Kier alpha value is -3.85. The predicted octanol–water partition coefficient (Wildman–Crippen LogP) is 3.96. The second-order valence-corrected chi connectivity index (χ2v) is 8.33. The van der Waals surface area contributed by atoms with Gasteiger partial charge in [-0.3, -0.25) is 14.4 Å². The van der Waals surface area contributed by atoms with Gasteiger partial charge in [0.1, 0.15) is 42.1 Å². The second kappa shape index (κ2) is 12.2. The molecule has 1 aromatic heterocycles. The molecular weight excluding hydrogens is 468 g/mol. The first-order valence-corrected chi connectivity index (χ1v) is 11.8. The van der Waals surface area contributed by atoms with Gasteiger partial charge >= 0.3 is 6.47 Å². The molecule has 9 heteroatoms. The number of aryl methyl sites for hydroxylation is 1. The Balaban J connectivity index is 1.77. The van der Waals surface area contributed by atoms with E-state index in [0.29, 0.717) is 40.9 Å². The lowest BCUT2D eigenvalue weighted by molar-refractivity contribution is -0.121. The molecule has 192 valence electrons. The van der Waals surface area contributed by atoms with Crippen LogP contribution in [0.3, 0.4) is 0 Å². The number of phenolic OH excluding ortho intramolecular Hbond substituents is 1. The molecule has 0 amide bonds. The van der Waals surface area contributed by atoms with E-state index < -0.39 is 6.10 Å². The Morgan fingerprint density at radius 2 is 1.64 bits per heavy atom. The number of carbonyl (C=O) groups excluding carboxylic acids is 2. The molecule has 1 atom stereocenters. The van der Waals surface area contributed by atoms with Crippen LogP contribution in [0, 0.1) is 0 Å². The molecule has 0 saturated carbocycles. The number of Topliss-reactive ketones (excluding diaryl/α,β-unsaturated/α-hetero) is 1. The van der Waals surface area contributed by atoms with Crippen molar-refractivity contribution >= 4 is 23.2 Å². The summed E-state index contributed by atoms with van der Waals surface area (Å²) in [6.07, 6.45) is 1.47. The van der Waals surface area contributed by atoms with Crippen LogP contribution in [0.15, 0.2) is 39.5 Å². The second-order valence-electron chi connectivity index (χ2n) is 8.33. The molecule has 0 fully saturated rings. The topological polar surface area (TPSA) is 132 Å². The van der Waals surface area contributed by atoms with E-state index in [9.17, 15) is 24.6 Å². The molecule has 9 nitrogen and oxygen atoms in total. The number of hydrogen-bond acceptors (Lipinski definition) is 9. The number of aromatic hydroxyl groups is 1. The molecule has 1 heterocycles. The zero-order valence-corrected chi connectivity index (χ0v) is 20.5. The van der Waals surface area contributed by atoms with E-state index in [2.05, 4.69) is 0 Å². The van der Waals surface area contributed by atoms with E-state index in [0.717, 1.165) is 18.9 Å². The van der Waals surface area contributed by atoms with Crippen molar-refractivity contribution in [1.29, 1.82) is 0 Å². The Morgan fingerprint density at radius 3 is 2.25 bits per heavy atom. The fourth-order valence-corrected chi connectivity index (χ4v) is 3.91. The summed E-state index contributed by atoms with van der Waals surface area (Å²) in [5.41, 5.74) is 1.26. The summed E-state index contributed by atoms with van der Waals surface area (Å²) in [5, 5.41) is 21.3. The number of hydrogen-bond donors (Lipinski definition) is 2. The van der Waals surface area contributed by atoms with Gasteiger partial charge in [-0.15, -0.1) is 0 Å². The van der Waals surface area contributed by atoms with Crippen LogP contribution in [0.25, 0.3) is 11.0 Å². The standard InChI is InChI=1S/C27H30O9/c1-4-6-20-23(10-8-18(16(3)29)26(20)32)33-13-17(30)14-34-24-11-9-19-22(31)12-25(35-15-28)36-27(19)21(24)7-5-2/h8-12,15,17,30,32H,4-7,13-14H2,1-3H3. The van der Waals surface area contributed by atoms with Crippen LogP contribution < -0.4 is 19.6 Å². The monoisotopic (exact) mass is 498 g/mol.